The van der Waals surface area contributed by atoms with E-state index < -0.39 is 0 Å². The molecule has 0 aromatic rings. The molecule has 1 aliphatic rings. The van der Waals surface area contributed by atoms with Gasteiger partial charge in [0.2, 0.25) is 0 Å². The summed E-state index contributed by atoms with van der Waals surface area (Å²) < 4.78 is 0. The van der Waals surface area contributed by atoms with Crippen LogP contribution in [-0.2, 0) is 0 Å². The van der Waals surface area contributed by atoms with Gasteiger partial charge in [-0.15, -0.1) is 0 Å². The first kappa shape index (κ1) is 10.0. The van der Waals surface area contributed by atoms with Gasteiger partial charge in [0.1, 0.15) is 0 Å². The molecule has 2 heteroatoms. The van der Waals surface area contributed by atoms with Gasteiger partial charge in [-0.05, 0) is 18.3 Å². The summed E-state index contributed by atoms with van der Waals surface area (Å²) >= 11 is 0. The molecule has 12 heavy (non-hydrogen) atoms. The lowest BCUT2D eigenvalue weighted by atomic mass is 9.98. The van der Waals surface area contributed by atoms with Crippen molar-refractivity contribution in [3.05, 3.63) is 0 Å². The molecule has 0 aromatic carbocycles. The van der Waals surface area contributed by atoms with Crippen LogP contribution >= 0.6 is 0 Å². The van der Waals surface area contributed by atoms with E-state index in [0.717, 1.165) is 37.9 Å². The number of rotatable bonds is 3. The van der Waals surface area contributed by atoms with Gasteiger partial charge in [-0.3, -0.25) is 0 Å². The molecular weight excluding hydrogens is 150 g/mol. The summed E-state index contributed by atoms with van der Waals surface area (Å²) in [6.07, 6.45) is 0.898. The quantitative estimate of drug-likeness (QED) is 0.693. The Bertz CT molecular complexity index is 136. The van der Waals surface area contributed by atoms with Gasteiger partial charge < -0.3 is 10.0 Å². The predicted molar refractivity (Wildman–Crippen MR) is 51.1 cm³/mol. The van der Waals surface area contributed by atoms with Crippen molar-refractivity contribution in [2.75, 3.05) is 19.6 Å². The van der Waals surface area contributed by atoms with Gasteiger partial charge in [0.15, 0.2) is 0 Å². The lowest BCUT2D eigenvalue weighted by Gasteiger charge is -2.22. The van der Waals surface area contributed by atoms with Gasteiger partial charge in [-0.1, -0.05) is 20.8 Å². The minimum absolute atomic E-state index is 0.0654. The molecule has 2 atom stereocenters. The maximum Gasteiger partial charge on any atom is 0.0679 e. The van der Waals surface area contributed by atoms with E-state index in [0.29, 0.717) is 0 Å². The maximum absolute atomic E-state index is 9.31. The Labute approximate surface area is 75.6 Å². The summed E-state index contributed by atoms with van der Waals surface area (Å²) in [7, 11) is 0. The molecule has 0 aliphatic carbocycles. The number of aliphatic hydroxyl groups is 1. The van der Waals surface area contributed by atoms with E-state index in [9.17, 15) is 5.11 Å². The SMILES string of the molecule is CC(C)[C@H](C)CN1CC[C@@H](O)C1. The third-order valence-corrected chi connectivity index (χ3v) is 2.93. The Hall–Kier alpha value is -0.0800. The fourth-order valence-corrected chi connectivity index (χ4v) is 1.60. The first-order chi connectivity index (χ1) is 5.59. The summed E-state index contributed by atoms with van der Waals surface area (Å²) in [5.74, 6) is 1.50. The van der Waals surface area contributed by atoms with Crippen LogP contribution in [0.2, 0.25) is 0 Å². The zero-order chi connectivity index (χ0) is 9.14. The summed E-state index contributed by atoms with van der Waals surface area (Å²) in [6, 6.07) is 0. The molecule has 1 saturated heterocycles. The molecule has 0 radical (unpaired) electrons. The number of aliphatic hydroxyl groups excluding tert-OH is 1. The topological polar surface area (TPSA) is 23.5 Å². The lowest BCUT2D eigenvalue weighted by molar-refractivity contribution is 0.166. The van der Waals surface area contributed by atoms with Crippen molar-refractivity contribution >= 4 is 0 Å². The van der Waals surface area contributed by atoms with Crippen LogP contribution in [-0.4, -0.2) is 35.7 Å². The smallest absolute Gasteiger partial charge is 0.0679 e. The van der Waals surface area contributed by atoms with E-state index in [-0.39, 0.29) is 6.10 Å². The van der Waals surface area contributed by atoms with Crippen molar-refractivity contribution in [3.8, 4) is 0 Å². The third-order valence-electron chi connectivity index (χ3n) is 2.93. The van der Waals surface area contributed by atoms with Crippen molar-refractivity contribution in [2.45, 2.75) is 33.3 Å². The van der Waals surface area contributed by atoms with Crippen molar-refractivity contribution in [1.29, 1.82) is 0 Å². The molecule has 0 saturated carbocycles. The van der Waals surface area contributed by atoms with E-state index >= 15 is 0 Å². The zero-order valence-electron chi connectivity index (χ0n) is 8.45. The van der Waals surface area contributed by atoms with E-state index in [4.69, 9.17) is 0 Å². The van der Waals surface area contributed by atoms with Crippen molar-refractivity contribution < 1.29 is 5.11 Å². The number of hydrogen-bond donors (Lipinski definition) is 1. The number of hydrogen-bond acceptors (Lipinski definition) is 2. The average Bonchev–Trinajstić information content (AvgIpc) is 2.35. The van der Waals surface area contributed by atoms with E-state index in [1.807, 2.05) is 0 Å². The van der Waals surface area contributed by atoms with Crippen LogP contribution in [0.4, 0.5) is 0 Å². The van der Waals surface area contributed by atoms with Crippen LogP contribution in [0, 0.1) is 11.8 Å². The molecule has 0 amide bonds. The standard InChI is InChI=1S/C10H21NO/c1-8(2)9(3)6-11-5-4-10(12)7-11/h8-10,12H,4-7H2,1-3H3/t9-,10-/m1/s1. The van der Waals surface area contributed by atoms with E-state index in [2.05, 4.69) is 25.7 Å². The Balaban J connectivity index is 2.23. The molecule has 1 heterocycles. The van der Waals surface area contributed by atoms with Gasteiger partial charge in [0, 0.05) is 19.6 Å². The second-order valence-corrected chi connectivity index (χ2v) is 4.42. The summed E-state index contributed by atoms with van der Waals surface area (Å²) in [5, 5.41) is 9.31. The van der Waals surface area contributed by atoms with Crippen LogP contribution in [0.3, 0.4) is 0 Å². The van der Waals surface area contributed by atoms with Gasteiger partial charge in [-0.2, -0.15) is 0 Å². The fourth-order valence-electron chi connectivity index (χ4n) is 1.60. The summed E-state index contributed by atoms with van der Waals surface area (Å²) in [5.41, 5.74) is 0. The van der Waals surface area contributed by atoms with Gasteiger partial charge in [-0.25, -0.2) is 0 Å². The zero-order valence-corrected chi connectivity index (χ0v) is 8.45. The van der Waals surface area contributed by atoms with Crippen molar-refractivity contribution in [3.63, 3.8) is 0 Å². The Morgan fingerprint density at radius 1 is 1.42 bits per heavy atom. The Kier molecular flexibility index (Phi) is 3.53. The second-order valence-electron chi connectivity index (χ2n) is 4.42. The number of β-amino-alcohol motifs (C(OH)–C–C–N with tert-alkyl or cyclic N) is 1. The fraction of sp³-hybridized carbons (Fsp3) is 1.00. The van der Waals surface area contributed by atoms with Crippen LogP contribution < -0.4 is 0 Å². The number of nitrogens with zero attached hydrogens (tertiary/aromatic N) is 1. The van der Waals surface area contributed by atoms with Crippen LogP contribution in [0.1, 0.15) is 27.2 Å². The van der Waals surface area contributed by atoms with Crippen LogP contribution in [0.15, 0.2) is 0 Å². The minimum Gasteiger partial charge on any atom is -0.392 e. The second kappa shape index (κ2) is 4.24. The minimum atomic E-state index is -0.0654. The molecular formula is C10H21NO. The molecule has 1 fully saturated rings. The molecule has 2 nitrogen and oxygen atoms in total. The molecule has 1 aliphatic heterocycles. The van der Waals surface area contributed by atoms with E-state index in [1.54, 1.807) is 0 Å². The molecule has 0 unspecified atom stereocenters. The normalized spacial score (nSPS) is 28.2. The largest absolute Gasteiger partial charge is 0.392 e. The molecule has 1 N–H and O–H groups in total. The van der Waals surface area contributed by atoms with Crippen LogP contribution in [0.25, 0.3) is 0 Å². The maximum atomic E-state index is 9.31. The Morgan fingerprint density at radius 3 is 2.50 bits per heavy atom. The molecule has 72 valence electrons. The highest BCUT2D eigenvalue weighted by Crippen LogP contribution is 2.15. The van der Waals surface area contributed by atoms with Gasteiger partial charge in [0.05, 0.1) is 6.10 Å². The highest BCUT2D eigenvalue weighted by molar-refractivity contribution is 4.76. The van der Waals surface area contributed by atoms with Crippen LogP contribution in [0.5, 0.6) is 0 Å². The van der Waals surface area contributed by atoms with Crippen molar-refractivity contribution in [1.82, 2.24) is 4.90 Å². The average molecular weight is 171 g/mol. The Morgan fingerprint density at radius 2 is 2.08 bits per heavy atom. The molecule has 1 rings (SSSR count). The number of likely N-dealkylation sites (tertiary alicyclic amines) is 1. The first-order valence-electron chi connectivity index (χ1n) is 5.00. The predicted octanol–water partition coefficient (Wildman–Crippen LogP) is 1.35. The lowest BCUT2D eigenvalue weighted by Crippen LogP contribution is -2.29. The molecule has 0 bridgehead atoms. The van der Waals surface area contributed by atoms with Gasteiger partial charge >= 0.3 is 0 Å². The third kappa shape index (κ3) is 2.76. The first-order valence-corrected chi connectivity index (χ1v) is 5.00. The summed E-state index contributed by atoms with van der Waals surface area (Å²) in [4.78, 5) is 2.37. The van der Waals surface area contributed by atoms with E-state index in [1.165, 1.54) is 0 Å². The van der Waals surface area contributed by atoms with Gasteiger partial charge in [0.25, 0.3) is 0 Å². The molecule has 0 aromatic heterocycles. The molecule has 0 spiro atoms. The monoisotopic (exact) mass is 171 g/mol. The van der Waals surface area contributed by atoms with Crippen molar-refractivity contribution in [2.24, 2.45) is 11.8 Å². The summed E-state index contributed by atoms with van der Waals surface area (Å²) in [6.45, 7) is 9.92. The highest BCUT2D eigenvalue weighted by atomic mass is 16.3. The highest BCUT2D eigenvalue weighted by Gasteiger charge is 2.22.